The van der Waals surface area contributed by atoms with Gasteiger partial charge in [0, 0.05) is 21.7 Å². The lowest BCUT2D eigenvalue weighted by molar-refractivity contribution is 0.101. The standard InChI is InChI=1S/C22H17Cl2NO2S/c1-14-4-2-5-16(10-14)22(27)25-17-6-3-7-18(12-17)28-13-21(26)15-8-9-19(23)20(24)11-15/h2-12H,13H2,1H3,(H,25,27). The summed E-state index contributed by atoms with van der Waals surface area (Å²) in [4.78, 5) is 25.6. The number of rotatable bonds is 6. The lowest BCUT2D eigenvalue weighted by Gasteiger charge is -2.08. The summed E-state index contributed by atoms with van der Waals surface area (Å²) in [5, 5.41) is 3.67. The van der Waals surface area contributed by atoms with E-state index in [0.717, 1.165) is 10.5 Å². The van der Waals surface area contributed by atoms with E-state index in [1.54, 1.807) is 24.3 Å². The molecule has 1 N–H and O–H groups in total. The molecule has 0 bridgehead atoms. The number of thioether (sulfide) groups is 1. The van der Waals surface area contributed by atoms with Crippen molar-refractivity contribution in [1.82, 2.24) is 0 Å². The van der Waals surface area contributed by atoms with Crippen molar-refractivity contribution in [1.29, 1.82) is 0 Å². The quantitative estimate of drug-likeness (QED) is 0.357. The Kier molecular flexibility index (Phi) is 6.79. The van der Waals surface area contributed by atoms with Gasteiger partial charge in [-0.1, -0.05) is 47.0 Å². The van der Waals surface area contributed by atoms with E-state index in [1.807, 2.05) is 49.4 Å². The third-order valence-electron chi connectivity index (χ3n) is 3.98. The zero-order chi connectivity index (χ0) is 20.1. The van der Waals surface area contributed by atoms with Crippen LogP contribution in [0.4, 0.5) is 5.69 Å². The van der Waals surface area contributed by atoms with E-state index in [1.165, 1.54) is 11.8 Å². The average molecular weight is 430 g/mol. The van der Waals surface area contributed by atoms with Crippen LogP contribution in [0.3, 0.4) is 0 Å². The smallest absolute Gasteiger partial charge is 0.255 e. The van der Waals surface area contributed by atoms with Gasteiger partial charge >= 0.3 is 0 Å². The highest BCUT2D eigenvalue weighted by atomic mass is 35.5. The zero-order valence-electron chi connectivity index (χ0n) is 15.0. The molecule has 0 aliphatic rings. The molecule has 0 aliphatic carbocycles. The number of hydrogen-bond acceptors (Lipinski definition) is 3. The van der Waals surface area contributed by atoms with Gasteiger partial charge in [0.1, 0.15) is 0 Å². The normalized spacial score (nSPS) is 10.5. The molecule has 3 nitrogen and oxygen atoms in total. The predicted molar refractivity (Wildman–Crippen MR) is 117 cm³/mol. The van der Waals surface area contributed by atoms with Crippen LogP contribution >= 0.6 is 35.0 Å². The summed E-state index contributed by atoms with van der Waals surface area (Å²) in [6, 6.07) is 19.7. The Balaban J connectivity index is 1.63. The number of amides is 1. The number of carbonyl (C=O) groups is 2. The number of carbonyl (C=O) groups excluding carboxylic acids is 2. The number of benzene rings is 3. The van der Waals surface area contributed by atoms with Crippen LogP contribution in [0, 0.1) is 6.92 Å². The minimum Gasteiger partial charge on any atom is -0.322 e. The Morgan fingerprint density at radius 2 is 1.68 bits per heavy atom. The molecule has 0 fully saturated rings. The lowest BCUT2D eigenvalue weighted by atomic mass is 10.1. The van der Waals surface area contributed by atoms with E-state index < -0.39 is 0 Å². The topological polar surface area (TPSA) is 46.2 Å². The molecular weight excluding hydrogens is 413 g/mol. The van der Waals surface area contributed by atoms with Crippen LogP contribution in [0.25, 0.3) is 0 Å². The van der Waals surface area contributed by atoms with Crippen LogP contribution in [0.15, 0.2) is 71.6 Å². The van der Waals surface area contributed by atoms with Gasteiger partial charge in [0.05, 0.1) is 15.8 Å². The fourth-order valence-corrected chi connectivity index (χ4v) is 3.70. The number of hydrogen-bond donors (Lipinski definition) is 1. The first-order chi connectivity index (χ1) is 13.4. The molecule has 3 aromatic carbocycles. The summed E-state index contributed by atoms with van der Waals surface area (Å²) < 4.78 is 0. The van der Waals surface area contributed by atoms with E-state index in [9.17, 15) is 9.59 Å². The summed E-state index contributed by atoms with van der Waals surface area (Å²) in [6.07, 6.45) is 0. The summed E-state index contributed by atoms with van der Waals surface area (Å²) in [5.74, 6) is 0.0447. The van der Waals surface area contributed by atoms with Gasteiger partial charge in [-0.05, 0) is 55.5 Å². The van der Waals surface area contributed by atoms with Crippen molar-refractivity contribution in [2.24, 2.45) is 0 Å². The van der Waals surface area contributed by atoms with Crippen molar-refractivity contribution in [2.75, 3.05) is 11.1 Å². The zero-order valence-corrected chi connectivity index (χ0v) is 17.4. The van der Waals surface area contributed by atoms with E-state index in [0.29, 0.717) is 26.9 Å². The third-order valence-corrected chi connectivity index (χ3v) is 5.72. The molecule has 0 aliphatic heterocycles. The molecule has 0 spiro atoms. The van der Waals surface area contributed by atoms with Crippen molar-refractivity contribution >= 4 is 52.3 Å². The molecule has 0 radical (unpaired) electrons. The number of halogens is 2. The van der Waals surface area contributed by atoms with Crippen LogP contribution < -0.4 is 5.32 Å². The van der Waals surface area contributed by atoms with Gasteiger partial charge in [-0.15, -0.1) is 11.8 Å². The molecule has 0 saturated heterocycles. The minimum atomic E-state index is -0.169. The summed E-state index contributed by atoms with van der Waals surface area (Å²) in [6.45, 7) is 1.94. The Hall–Kier alpha value is -2.27. The first-order valence-corrected chi connectivity index (χ1v) is 10.3. The van der Waals surface area contributed by atoms with Crippen molar-refractivity contribution in [3.8, 4) is 0 Å². The van der Waals surface area contributed by atoms with Gasteiger partial charge in [0.15, 0.2) is 5.78 Å². The molecule has 0 saturated carbocycles. The van der Waals surface area contributed by atoms with E-state index in [-0.39, 0.29) is 17.4 Å². The van der Waals surface area contributed by atoms with Gasteiger partial charge in [0.2, 0.25) is 0 Å². The molecule has 0 unspecified atom stereocenters. The fourth-order valence-electron chi connectivity index (χ4n) is 2.55. The van der Waals surface area contributed by atoms with Gasteiger partial charge in [-0.2, -0.15) is 0 Å². The molecule has 0 heterocycles. The van der Waals surface area contributed by atoms with Crippen molar-refractivity contribution < 1.29 is 9.59 Å². The SMILES string of the molecule is Cc1cccc(C(=O)Nc2cccc(SCC(=O)c3ccc(Cl)c(Cl)c3)c2)c1. The Bertz CT molecular complexity index is 1040. The first-order valence-electron chi connectivity index (χ1n) is 8.51. The number of Topliss-reactive ketones (excluding diaryl/α,β-unsaturated/α-hetero) is 1. The maximum absolute atomic E-state index is 12.4. The van der Waals surface area contributed by atoms with Crippen molar-refractivity contribution in [3.63, 3.8) is 0 Å². The molecule has 1 amide bonds. The second-order valence-electron chi connectivity index (χ2n) is 6.19. The van der Waals surface area contributed by atoms with Crippen LogP contribution in [-0.2, 0) is 0 Å². The van der Waals surface area contributed by atoms with Crippen LogP contribution in [0.1, 0.15) is 26.3 Å². The second kappa shape index (κ2) is 9.28. The maximum Gasteiger partial charge on any atom is 0.255 e. The van der Waals surface area contributed by atoms with Crippen LogP contribution in [0.5, 0.6) is 0 Å². The van der Waals surface area contributed by atoms with Gasteiger partial charge < -0.3 is 5.32 Å². The molecule has 142 valence electrons. The maximum atomic E-state index is 12.4. The van der Waals surface area contributed by atoms with E-state index in [4.69, 9.17) is 23.2 Å². The Labute approximate surface area is 178 Å². The Morgan fingerprint density at radius 3 is 2.43 bits per heavy atom. The summed E-state index contributed by atoms with van der Waals surface area (Å²) >= 11 is 13.3. The summed E-state index contributed by atoms with van der Waals surface area (Å²) in [5.41, 5.74) is 2.83. The number of nitrogens with one attached hydrogen (secondary N) is 1. The van der Waals surface area contributed by atoms with Gasteiger partial charge in [-0.3, -0.25) is 9.59 Å². The molecule has 6 heteroatoms. The fraction of sp³-hybridized carbons (Fsp3) is 0.0909. The molecule has 3 rings (SSSR count). The highest BCUT2D eigenvalue weighted by Gasteiger charge is 2.10. The largest absolute Gasteiger partial charge is 0.322 e. The molecular formula is C22H17Cl2NO2S. The molecule has 0 aromatic heterocycles. The molecule has 28 heavy (non-hydrogen) atoms. The van der Waals surface area contributed by atoms with Crippen molar-refractivity contribution in [2.45, 2.75) is 11.8 Å². The lowest BCUT2D eigenvalue weighted by Crippen LogP contribution is -2.11. The van der Waals surface area contributed by atoms with Crippen molar-refractivity contribution in [3.05, 3.63) is 93.5 Å². The molecule has 3 aromatic rings. The summed E-state index contributed by atoms with van der Waals surface area (Å²) in [7, 11) is 0. The first kappa shape index (κ1) is 20.5. The third kappa shape index (κ3) is 5.38. The monoisotopic (exact) mass is 429 g/mol. The highest BCUT2D eigenvalue weighted by molar-refractivity contribution is 8.00. The minimum absolute atomic E-state index is 0.0437. The highest BCUT2D eigenvalue weighted by Crippen LogP contribution is 2.26. The number of anilines is 1. The number of aryl methyl sites for hydroxylation is 1. The van der Waals surface area contributed by atoms with E-state index in [2.05, 4.69) is 5.32 Å². The van der Waals surface area contributed by atoms with Gasteiger partial charge in [0.25, 0.3) is 5.91 Å². The predicted octanol–water partition coefficient (Wildman–Crippen LogP) is 6.53. The van der Waals surface area contributed by atoms with Crippen LogP contribution in [-0.4, -0.2) is 17.4 Å². The molecule has 0 atom stereocenters. The van der Waals surface area contributed by atoms with E-state index >= 15 is 0 Å². The van der Waals surface area contributed by atoms with Crippen LogP contribution in [0.2, 0.25) is 10.0 Å². The van der Waals surface area contributed by atoms with Gasteiger partial charge in [-0.25, -0.2) is 0 Å². The number of ketones is 1. The Morgan fingerprint density at radius 1 is 0.893 bits per heavy atom. The second-order valence-corrected chi connectivity index (χ2v) is 8.06. The average Bonchev–Trinajstić information content (AvgIpc) is 2.68.